The number of hydrogen-bond donors (Lipinski definition) is 2. The number of carbonyl (C=O) groups is 1. The van der Waals surface area contributed by atoms with Gasteiger partial charge in [0.25, 0.3) is 0 Å². The van der Waals surface area contributed by atoms with Gasteiger partial charge in [0.05, 0.1) is 6.04 Å². The second-order valence-corrected chi connectivity index (χ2v) is 2.80. The molecule has 0 aliphatic carbocycles. The van der Waals surface area contributed by atoms with Crippen LogP contribution in [0, 0.1) is 5.92 Å². The van der Waals surface area contributed by atoms with Gasteiger partial charge in [0.15, 0.2) is 0 Å². The molecule has 1 atom stereocenters. The highest BCUT2D eigenvalue weighted by Crippen LogP contribution is 1.96. The molecule has 0 fully saturated rings. The van der Waals surface area contributed by atoms with Gasteiger partial charge in [-0.15, -0.1) is 6.58 Å². The molecule has 0 aromatic heterocycles. The summed E-state index contributed by atoms with van der Waals surface area (Å²) >= 11 is 0. The fourth-order valence-electron chi connectivity index (χ4n) is 0.593. The second kappa shape index (κ2) is 4.91. The highest BCUT2D eigenvalue weighted by molar-refractivity contribution is 5.81. The topological polar surface area (TPSA) is 55.1 Å². The van der Waals surface area contributed by atoms with Crippen LogP contribution in [0.25, 0.3) is 0 Å². The van der Waals surface area contributed by atoms with E-state index in [-0.39, 0.29) is 11.8 Å². The number of hydrogen-bond acceptors (Lipinski definition) is 2. The summed E-state index contributed by atoms with van der Waals surface area (Å²) in [5.74, 6) is 0.0692. The average molecular weight is 156 g/mol. The lowest BCUT2D eigenvalue weighted by atomic mass is 10.1. The molecule has 0 aliphatic heterocycles. The quantitative estimate of drug-likeness (QED) is 0.574. The second-order valence-electron chi connectivity index (χ2n) is 2.80. The maximum atomic E-state index is 11.1. The zero-order chi connectivity index (χ0) is 8.85. The van der Waals surface area contributed by atoms with Crippen molar-refractivity contribution in [1.29, 1.82) is 0 Å². The van der Waals surface area contributed by atoms with E-state index in [9.17, 15) is 4.79 Å². The van der Waals surface area contributed by atoms with E-state index in [0.717, 1.165) is 0 Å². The summed E-state index contributed by atoms with van der Waals surface area (Å²) < 4.78 is 0. The fourth-order valence-corrected chi connectivity index (χ4v) is 0.593. The molecule has 0 rings (SSSR count). The Labute approximate surface area is 67.7 Å². The lowest BCUT2D eigenvalue weighted by Crippen LogP contribution is -2.43. The van der Waals surface area contributed by atoms with Crippen molar-refractivity contribution in [1.82, 2.24) is 5.32 Å². The molecule has 0 saturated heterocycles. The standard InChI is InChI=1S/C8H16N2O/c1-4-5-10-8(11)7(9)6(2)3/h4,6-7H,1,5,9H2,2-3H3,(H,10,11)/t7-/m1/s1. The van der Waals surface area contributed by atoms with E-state index in [1.165, 1.54) is 0 Å². The predicted octanol–water partition coefficient (Wildman–Crippen LogP) is 0.272. The van der Waals surface area contributed by atoms with Crippen LogP contribution >= 0.6 is 0 Å². The molecule has 3 N–H and O–H groups in total. The van der Waals surface area contributed by atoms with Crippen LogP contribution in [-0.4, -0.2) is 18.5 Å². The van der Waals surface area contributed by atoms with Gasteiger partial charge in [-0.25, -0.2) is 0 Å². The molecule has 0 saturated carbocycles. The molecule has 1 amide bonds. The third-order valence-electron chi connectivity index (χ3n) is 1.44. The Morgan fingerprint density at radius 2 is 2.27 bits per heavy atom. The van der Waals surface area contributed by atoms with Gasteiger partial charge in [-0.05, 0) is 5.92 Å². The molecule has 0 unspecified atom stereocenters. The van der Waals surface area contributed by atoms with Crippen LogP contribution < -0.4 is 11.1 Å². The van der Waals surface area contributed by atoms with Crippen LogP contribution in [0.4, 0.5) is 0 Å². The van der Waals surface area contributed by atoms with Gasteiger partial charge >= 0.3 is 0 Å². The molecule has 0 aromatic carbocycles. The highest BCUT2D eigenvalue weighted by atomic mass is 16.2. The van der Waals surface area contributed by atoms with E-state index < -0.39 is 6.04 Å². The van der Waals surface area contributed by atoms with Crippen molar-refractivity contribution in [2.24, 2.45) is 11.7 Å². The van der Waals surface area contributed by atoms with Crippen molar-refractivity contribution >= 4 is 5.91 Å². The monoisotopic (exact) mass is 156 g/mol. The Hall–Kier alpha value is -0.830. The smallest absolute Gasteiger partial charge is 0.237 e. The molecule has 0 heterocycles. The van der Waals surface area contributed by atoms with Crippen LogP contribution in [0.15, 0.2) is 12.7 Å². The lowest BCUT2D eigenvalue weighted by molar-refractivity contribution is -0.123. The third-order valence-corrected chi connectivity index (χ3v) is 1.44. The number of rotatable bonds is 4. The van der Waals surface area contributed by atoms with Gasteiger partial charge in [-0.3, -0.25) is 4.79 Å². The molecule has 0 aromatic rings. The minimum absolute atomic E-state index is 0.111. The minimum atomic E-state index is -0.407. The van der Waals surface area contributed by atoms with Gasteiger partial charge in [0, 0.05) is 6.54 Å². The summed E-state index contributed by atoms with van der Waals surface area (Å²) in [6, 6.07) is -0.407. The first-order valence-corrected chi connectivity index (χ1v) is 3.73. The number of nitrogens with one attached hydrogen (secondary N) is 1. The molecule has 3 nitrogen and oxygen atoms in total. The Kier molecular flexibility index (Phi) is 4.54. The van der Waals surface area contributed by atoms with Crippen LogP contribution in [0.5, 0.6) is 0 Å². The first kappa shape index (κ1) is 10.2. The average Bonchev–Trinajstić information content (AvgIpc) is 1.98. The maximum absolute atomic E-state index is 11.1. The number of nitrogens with two attached hydrogens (primary N) is 1. The minimum Gasteiger partial charge on any atom is -0.351 e. The summed E-state index contributed by atoms with van der Waals surface area (Å²) in [5.41, 5.74) is 5.55. The molecule has 0 aliphatic rings. The molecular weight excluding hydrogens is 140 g/mol. The summed E-state index contributed by atoms with van der Waals surface area (Å²) in [6.07, 6.45) is 1.63. The summed E-state index contributed by atoms with van der Waals surface area (Å²) in [7, 11) is 0. The van der Waals surface area contributed by atoms with Gasteiger partial charge in [-0.1, -0.05) is 19.9 Å². The lowest BCUT2D eigenvalue weighted by Gasteiger charge is -2.13. The Bertz CT molecular complexity index is 143. The van der Waals surface area contributed by atoms with E-state index >= 15 is 0 Å². The van der Waals surface area contributed by atoms with Crippen molar-refractivity contribution in [3.8, 4) is 0 Å². The Morgan fingerprint density at radius 3 is 2.64 bits per heavy atom. The third kappa shape index (κ3) is 3.78. The van der Waals surface area contributed by atoms with E-state index in [4.69, 9.17) is 5.73 Å². The van der Waals surface area contributed by atoms with Gasteiger partial charge in [0.2, 0.25) is 5.91 Å². The number of carbonyl (C=O) groups excluding carboxylic acids is 1. The molecule has 0 bridgehead atoms. The first-order chi connectivity index (χ1) is 5.09. The predicted molar refractivity (Wildman–Crippen MR) is 46.0 cm³/mol. The summed E-state index contributed by atoms with van der Waals surface area (Å²) in [5, 5.41) is 2.63. The van der Waals surface area contributed by atoms with E-state index in [1.54, 1.807) is 6.08 Å². The van der Waals surface area contributed by atoms with Crippen molar-refractivity contribution in [2.45, 2.75) is 19.9 Å². The van der Waals surface area contributed by atoms with Crippen molar-refractivity contribution in [2.75, 3.05) is 6.54 Å². The van der Waals surface area contributed by atoms with E-state index in [1.807, 2.05) is 13.8 Å². The molecule has 3 heteroatoms. The largest absolute Gasteiger partial charge is 0.351 e. The zero-order valence-electron chi connectivity index (χ0n) is 7.13. The summed E-state index contributed by atoms with van der Waals surface area (Å²) in [6.45, 7) is 7.80. The SMILES string of the molecule is C=CCNC(=O)[C@H](N)C(C)C. The summed E-state index contributed by atoms with van der Waals surface area (Å²) in [4.78, 5) is 11.1. The van der Waals surface area contributed by atoms with Crippen LogP contribution in [0.1, 0.15) is 13.8 Å². The molecular formula is C8H16N2O. The van der Waals surface area contributed by atoms with Crippen LogP contribution in [0.2, 0.25) is 0 Å². The Morgan fingerprint density at radius 1 is 1.73 bits per heavy atom. The fraction of sp³-hybridized carbons (Fsp3) is 0.625. The van der Waals surface area contributed by atoms with Gasteiger partial charge < -0.3 is 11.1 Å². The molecule has 11 heavy (non-hydrogen) atoms. The van der Waals surface area contributed by atoms with Crippen molar-refractivity contribution < 1.29 is 4.79 Å². The van der Waals surface area contributed by atoms with Crippen LogP contribution in [0.3, 0.4) is 0 Å². The number of amides is 1. The zero-order valence-corrected chi connectivity index (χ0v) is 7.13. The van der Waals surface area contributed by atoms with Crippen molar-refractivity contribution in [3.63, 3.8) is 0 Å². The molecule has 0 radical (unpaired) electrons. The Balaban J connectivity index is 3.73. The van der Waals surface area contributed by atoms with Gasteiger partial charge in [0.1, 0.15) is 0 Å². The highest BCUT2D eigenvalue weighted by Gasteiger charge is 2.15. The molecule has 64 valence electrons. The maximum Gasteiger partial charge on any atom is 0.237 e. The van der Waals surface area contributed by atoms with E-state index in [2.05, 4.69) is 11.9 Å². The van der Waals surface area contributed by atoms with Crippen molar-refractivity contribution in [3.05, 3.63) is 12.7 Å². The first-order valence-electron chi connectivity index (χ1n) is 3.73. The van der Waals surface area contributed by atoms with Crippen LogP contribution in [-0.2, 0) is 4.79 Å². The van der Waals surface area contributed by atoms with Gasteiger partial charge in [-0.2, -0.15) is 0 Å². The van der Waals surface area contributed by atoms with E-state index in [0.29, 0.717) is 6.54 Å². The molecule has 0 spiro atoms. The normalized spacial score (nSPS) is 12.7.